The molecular formula is C25H27Cl2N5O2S. The van der Waals surface area contributed by atoms with Gasteiger partial charge >= 0.3 is 0 Å². The third-order valence-electron chi connectivity index (χ3n) is 6.06. The highest BCUT2D eigenvalue weighted by Gasteiger charge is 2.25. The van der Waals surface area contributed by atoms with Gasteiger partial charge in [0.15, 0.2) is 0 Å². The second-order valence-electron chi connectivity index (χ2n) is 8.33. The Balaban J connectivity index is 0.00000171. The summed E-state index contributed by atoms with van der Waals surface area (Å²) < 4.78 is 5.77. The first-order valence-electron chi connectivity index (χ1n) is 11.2. The average Bonchev–Trinajstić information content (AvgIpc) is 3.27. The summed E-state index contributed by atoms with van der Waals surface area (Å²) in [4.78, 5) is 17.1. The number of piperidine rings is 1. The van der Waals surface area contributed by atoms with Gasteiger partial charge in [-0.3, -0.25) is 9.89 Å². The van der Waals surface area contributed by atoms with Crippen LogP contribution in [0, 0.1) is 11.3 Å². The molecule has 0 spiro atoms. The minimum atomic E-state index is -0.0166. The molecule has 2 aromatic carbocycles. The van der Waals surface area contributed by atoms with Crippen molar-refractivity contribution in [2.75, 3.05) is 26.2 Å². The Morgan fingerprint density at radius 3 is 2.83 bits per heavy atom. The molecule has 2 aliphatic heterocycles. The predicted octanol–water partition coefficient (Wildman–Crippen LogP) is 4.77. The lowest BCUT2D eigenvalue weighted by Crippen LogP contribution is -2.45. The maximum absolute atomic E-state index is 12.9. The first-order chi connectivity index (χ1) is 16.2. The van der Waals surface area contributed by atoms with E-state index in [1.54, 1.807) is 12.1 Å². The molecule has 35 heavy (non-hydrogen) atoms. The number of rotatable bonds is 7. The van der Waals surface area contributed by atoms with E-state index in [9.17, 15) is 4.79 Å². The van der Waals surface area contributed by atoms with Crippen LogP contribution in [-0.4, -0.2) is 53.3 Å². The monoisotopic (exact) mass is 531 g/mol. The van der Waals surface area contributed by atoms with Crippen LogP contribution in [0.5, 0.6) is 5.75 Å². The quantitative estimate of drug-likeness (QED) is 0.426. The van der Waals surface area contributed by atoms with Gasteiger partial charge in [-0.15, -0.1) is 24.8 Å². The lowest BCUT2D eigenvalue weighted by molar-refractivity contribution is -0.117. The first kappa shape index (κ1) is 26.9. The molecule has 1 aromatic heterocycles. The van der Waals surface area contributed by atoms with Crippen LogP contribution in [0.3, 0.4) is 0 Å². The van der Waals surface area contributed by atoms with Gasteiger partial charge in [0.2, 0.25) is 0 Å². The van der Waals surface area contributed by atoms with E-state index in [1.165, 1.54) is 11.8 Å². The van der Waals surface area contributed by atoms with Gasteiger partial charge in [-0.05, 0) is 55.7 Å². The van der Waals surface area contributed by atoms with E-state index < -0.39 is 0 Å². The highest BCUT2D eigenvalue weighted by Crippen LogP contribution is 2.39. The number of aromatic nitrogens is 2. The van der Waals surface area contributed by atoms with E-state index in [0.29, 0.717) is 17.1 Å². The van der Waals surface area contributed by atoms with Crippen LogP contribution in [0.1, 0.15) is 30.5 Å². The molecule has 184 valence electrons. The standard InChI is InChI=1S/C25H25N5O2S.2ClH/c26-16-17-4-1-5-19(14-17)32-13-3-10-30-11-8-18(9-12-30)27-25(31)23-15-21-24-20(28-29-21)6-2-7-22(24)33-23;;/h1-2,4-7,14-15,18H,3,8-13H2,(H,27,31)(H,28,29);2*1H. The Kier molecular flexibility index (Phi) is 9.47. The summed E-state index contributed by atoms with van der Waals surface area (Å²) >= 11 is 1.51. The summed E-state index contributed by atoms with van der Waals surface area (Å²) in [5, 5.41) is 20.7. The summed E-state index contributed by atoms with van der Waals surface area (Å²) in [6.07, 6.45) is 4.69. The number of hydrogen-bond acceptors (Lipinski definition) is 6. The number of thioether (sulfide) groups is 1. The first-order valence-corrected chi connectivity index (χ1v) is 12.0. The SMILES string of the molecule is Cl.Cl.N#Cc1cccc(OCCCN2CCC(NC(=O)C3=Cc4n[nH]c5cccc(c45)S3)CC2)c1. The van der Waals surface area contributed by atoms with E-state index in [4.69, 9.17) is 10.00 Å². The van der Waals surface area contributed by atoms with E-state index in [-0.39, 0.29) is 36.8 Å². The van der Waals surface area contributed by atoms with Gasteiger partial charge in [-0.25, -0.2) is 0 Å². The van der Waals surface area contributed by atoms with E-state index in [2.05, 4.69) is 26.5 Å². The molecule has 10 heteroatoms. The number of carbonyl (C=O) groups excluding carboxylic acids is 1. The number of aromatic amines is 1. The number of amides is 1. The highest BCUT2D eigenvalue weighted by atomic mass is 35.5. The van der Waals surface area contributed by atoms with Gasteiger partial charge in [0.25, 0.3) is 5.91 Å². The van der Waals surface area contributed by atoms with E-state index in [1.807, 2.05) is 36.4 Å². The minimum absolute atomic E-state index is 0. The number of halogens is 2. The van der Waals surface area contributed by atoms with Crippen molar-refractivity contribution in [2.24, 2.45) is 0 Å². The Hall–Kier alpha value is -2.70. The molecule has 1 saturated heterocycles. The highest BCUT2D eigenvalue weighted by molar-refractivity contribution is 8.04. The molecule has 0 unspecified atom stereocenters. The number of nitrogens with zero attached hydrogens (tertiary/aromatic N) is 3. The number of nitriles is 1. The fraction of sp³-hybridized carbons (Fsp3) is 0.320. The van der Waals surface area contributed by atoms with Crippen molar-refractivity contribution in [3.8, 4) is 11.8 Å². The van der Waals surface area contributed by atoms with E-state index in [0.717, 1.165) is 66.1 Å². The lowest BCUT2D eigenvalue weighted by atomic mass is 10.0. The van der Waals surface area contributed by atoms with Gasteiger partial charge < -0.3 is 15.0 Å². The molecule has 2 N–H and O–H groups in total. The van der Waals surface area contributed by atoms with Crippen molar-refractivity contribution in [2.45, 2.75) is 30.2 Å². The molecule has 0 radical (unpaired) electrons. The molecule has 2 aliphatic rings. The average molecular weight is 532 g/mol. The van der Waals surface area contributed by atoms with Gasteiger partial charge in [-0.2, -0.15) is 10.4 Å². The van der Waals surface area contributed by atoms with Crippen LogP contribution < -0.4 is 10.1 Å². The number of ether oxygens (including phenoxy) is 1. The Morgan fingerprint density at radius 2 is 2.03 bits per heavy atom. The van der Waals surface area contributed by atoms with Gasteiger partial charge in [0.1, 0.15) is 5.75 Å². The number of nitrogens with one attached hydrogen (secondary N) is 2. The van der Waals surface area contributed by atoms with Crippen LogP contribution in [0.4, 0.5) is 0 Å². The second-order valence-corrected chi connectivity index (χ2v) is 9.41. The Labute approximate surface area is 221 Å². The normalized spacial score (nSPS) is 15.3. The molecule has 0 bridgehead atoms. The second kappa shape index (κ2) is 12.3. The van der Waals surface area contributed by atoms with Crippen molar-refractivity contribution in [3.05, 3.63) is 58.6 Å². The summed E-state index contributed by atoms with van der Waals surface area (Å²) in [6, 6.07) is 15.6. The van der Waals surface area contributed by atoms with Crippen molar-refractivity contribution < 1.29 is 9.53 Å². The molecule has 3 aromatic rings. The maximum atomic E-state index is 12.9. The molecular weight excluding hydrogens is 505 g/mol. The molecule has 7 nitrogen and oxygen atoms in total. The maximum Gasteiger partial charge on any atom is 0.258 e. The molecule has 0 aliphatic carbocycles. The molecule has 1 fully saturated rings. The third kappa shape index (κ3) is 6.30. The number of hydrogen-bond donors (Lipinski definition) is 2. The number of likely N-dealkylation sites (tertiary alicyclic amines) is 1. The van der Waals surface area contributed by atoms with Crippen molar-refractivity contribution in [1.82, 2.24) is 20.4 Å². The van der Waals surface area contributed by atoms with Crippen LogP contribution in [0.25, 0.3) is 17.0 Å². The predicted molar refractivity (Wildman–Crippen MR) is 143 cm³/mol. The van der Waals surface area contributed by atoms with Crippen LogP contribution in [-0.2, 0) is 4.79 Å². The third-order valence-corrected chi connectivity index (χ3v) is 7.15. The van der Waals surface area contributed by atoms with E-state index >= 15 is 0 Å². The van der Waals surface area contributed by atoms with Gasteiger partial charge in [-0.1, -0.05) is 23.9 Å². The van der Waals surface area contributed by atoms with Crippen LogP contribution in [0.15, 0.2) is 52.3 Å². The fourth-order valence-electron chi connectivity index (χ4n) is 4.33. The number of carbonyl (C=O) groups is 1. The van der Waals surface area contributed by atoms with Crippen molar-refractivity contribution in [1.29, 1.82) is 5.26 Å². The molecule has 3 heterocycles. The molecule has 1 amide bonds. The smallest absolute Gasteiger partial charge is 0.258 e. The Bertz CT molecular complexity index is 1250. The van der Waals surface area contributed by atoms with Crippen LogP contribution >= 0.6 is 36.6 Å². The summed E-state index contributed by atoms with van der Waals surface area (Å²) in [5.74, 6) is 0.723. The number of benzene rings is 2. The summed E-state index contributed by atoms with van der Waals surface area (Å²) in [7, 11) is 0. The molecule has 0 atom stereocenters. The zero-order valence-corrected chi connectivity index (χ0v) is 21.5. The minimum Gasteiger partial charge on any atom is -0.494 e. The van der Waals surface area contributed by atoms with Gasteiger partial charge in [0, 0.05) is 36.0 Å². The van der Waals surface area contributed by atoms with Gasteiger partial charge in [0.05, 0.1) is 34.4 Å². The lowest BCUT2D eigenvalue weighted by Gasteiger charge is -2.32. The zero-order chi connectivity index (χ0) is 22.6. The van der Waals surface area contributed by atoms with Crippen molar-refractivity contribution in [3.63, 3.8) is 0 Å². The summed E-state index contributed by atoms with van der Waals surface area (Å²) in [5.41, 5.74) is 2.45. The fourth-order valence-corrected chi connectivity index (χ4v) is 5.35. The molecule has 5 rings (SSSR count). The van der Waals surface area contributed by atoms with Crippen LogP contribution in [0.2, 0.25) is 0 Å². The largest absolute Gasteiger partial charge is 0.494 e. The van der Waals surface area contributed by atoms with Crippen molar-refractivity contribution >= 4 is 59.5 Å². The summed E-state index contributed by atoms with van der Waals surface area (Å²) in [6.45, 7) is 3.51. The topological polar surface area (TPSA) is 94.0 Å². The Morgan fingerprint density at radius 1 is 1.23 bits per heavy atom. The zero-order valence-electron chi connectivity index (χ0n) is 19.0. The number of H-pyrrole nitrogens is 1. The molecule has 0 saturated carbocycles.